The molecule has 2 atom stereocenters. The van der Waals surface area contributed by atoms with Gasteiger partial charge < -0.3 is 20.1 Å². The molecule has 11 rings (SSSR count). The van der Waals surface area contributed by atoms with E-state index in [9.17, 15) is 29.1 Å². The Morgan fingerprint density at radius 3 is 2.55 bits per heavy atom. The van der Waals surface area contributed by atoms with Gasteiger partial charge in [-0.15, -0.1) is 0 Å². The molecule has 4 N–H and O–H groups in total. The number of fused-ring (bicyclic) bond motifs is 3. The molecule has 1 saturated carbocycles. The Hall–Kier alpha value is -7.50. The minimum Gasteiger partial charge on any atom is -0.493 e. The number of piperidine rings is 2. The molecule has 6 heterocycles. The highest BCUT2D eigenvalue weighted by atomic mass is 32.1. The van der Waals surface area contributed by atoms with E-state index in [1.165, 1.54) is 17.8 Å². The van der Waals surface area contributed by atoms with Gasteiger partial charge >= 0.3 is 5.97 Å². The number of hydrogen-bond donors (Lipinski definition) is 4. The number of para-hydroxylation sites is 1. The van der Waals surface area contributed by atoms with Crippen LogP contribution in [0.1, 0.15) is 101 Å². The normalized spacial score (nSPS) is 18.7. The maximum absolute atomic E-state index is 13.7. The second-order valence-electron chi connectivity index (χ2n) is 20.2. The van der Waals surface area contributed by atoms with Crippen LogP contribution in [0, 0.1) is 18.3 Å². The fraction of sp³-hybridized carbons (Fsp3) is 0.357. The Labute approximate surface area is 426 Å². The smallest absolute Gasteiger partial charge is 0.355 e. The fourth-order valence-electron chi connectivity index (χ4n) is 11.7. The van der Waals surface area contributed by atoms with E-state index < -0.39 is 11.9 Å². The highest BCUT2D eigenvalue weighted by Crippen LogP contribution is 2.50. The molecule has 7 aromatic rings. The molecule has 73 heavy (non-hydrogen) atoms. The summed E-state index contributed by atoms with van der Waals surface area (Å²) in [6.07, 6.45) is 7.86. The quantitative estimate of drug-likeness (QED) is 0.0801. The summed E-state index contributed by atoms with van der Waals surface area (Å²) in [6, 6.07) is 28.6. The number of pyridine rings is 1. The number of anilines is 3. The SMILES string of the molecule is Cc1c(OCC[C@@H]2CCC3(CCN(CC(=O)Nc4ccc5c([C@H]6CCC(=O)NC6=O)nn(C)c5c4)CC3)C2)cccc1-c1ccc(N2CCc3cccc(C(=O)Nc4nc5ccccc5s4)c3C2)nc1C(=O)O. The Balaban J connectivity index is 0.672. The van der Waals surface area contributed by atoms with E-state index in [1.807, 2.05) is 110 Å². The van der Waals surface area contributed by atoms with Crippen molar-refractivity contribution in [2.45, 2.75) is 77.2 Å². The van der Waals surface area contributed by atoms with Crippen molar-refractivity contribution in [1.82, 2.24) is 30.0 Å². The third kappa shape index (κ3) is 9.78. The van der Waals surface area contributed by atoms with Crippen molar-refractivity contribution < 1.29 is 33.8 Å². The lowest BCUT2D eigenvalue weighted by molar-refractivity contribution is -0.134. The Bertz CT molecular complexity index is 3310. The Kier molecular flexibility index (Phi) is 13.0. The van der Waals surface area contributed by atoms with Gasteiger partial charge in [-0.1, -0.05) is 47.7 Å². The van der Waals surface area contributed by atoms with Crippen LogP contribution in [0.2, 0.25) is 0 Å². The van der Waals surface area contributed by atoms with Crippen LogP contribution in [0.3, 0.4) is 0 Å². The highest BCUT2D eigenvalue weighted by molar-refractivity contribution is 7.22. The number of rotatable bonds is 13. The number of benzene rings is 4. The lowest BCUT2D eigenvalue weighted by Gasteiger charge is -2.39. The van der Waals surface area contributed by atoms with Gasteiger partial charge in [0.1, 0.15) is 11.6 Å². The molecule has 374 valence electrons. The monoisotopic (exact) mass is 999 g/mol. The summed E-state index contributed by atoms with van der Waals surface area (Å²) in [5.74, 6) is -0.711. The van der Waals surface area contributed by atoms with Gasteiger partial charge in [-0.05, 0) is 160 Å². The van der Waals surface area contributed by atoms with E-state index in [0.717, 1.165) is 94.3 Å². The average Bonchev–Trinajstić information content (AvgIpc) is 4.09. The van der Waals surface area contributed by atoms with Gasteiger partial charge in [0.2, 0.25) is 17.7 Å². The summed E-state index contributed by atoms with van der Waals surface area (Å²) in [7, 11) is 1.81. The number of aromatic carboxylic acids is 1. The second kappa shape index (κ2) is 19.8. The number of carboxylic acids is 1. The average molecular weight is 1000 g/mol. The van der Waals surface area contributed by atoms with E-state index in [1.54, 1.807) is 4.68 Å². The van der Waals surface area contributed by atoms with Crippen LogP contribution in [0.5, 0.6) is 5.75 Å². The van der Waals surface area contributed by atoms with Gasteiger partial charge in [0.25, 0.3) is 5.91 Å². The molecular formula is C56H57N9O7S. The molecular weight excluding hydrogens is 943 g/mol. The summed E-state index contributed by atoms with van der Waals surface area (Å²) in [5.41, 5.74) is 7.82. The van der Waals surface area contributed by atoms with Crippen molar-refractivity contribution in [3.63, 3.8) is 0 Å². The number of carboxylic acid groups (broad SMARTS) is 1. The molecule has 0 bridgehead atoms. The number of carbonyl (C=O) groups excluding carboxylic acids is 4. The summed E-state index contributed by atoms with van der Waals surface area (Å²) in [6.45, 7) is 5.59. The third-order valence-electron chi connectivity index (χ3n) is 15.6. The van der Waals surface area contributed by atoms with Crippen molar-refractivity contribution in [2.75, 3.05) is 48.3 Å². The molecule has 1 spiro atoms. The summed E-state index contributed by atoms with van der Waals surface area (Å²) >= 11 is 1.43. The second-order valence-corrected chi connectivity index (χ2v) is 21.2. The Morgan fingerprint density at radius 2 is 1.73 bits per heavy atom. The fourth-order valence-corrected chi connectivity index (χ4v) is 12.5. The predicted octanol–water partition coefficient (Wildman–Crippen LogP) is 8.88. The number of aryl methyl sites for hydroxylation is 1. The Morgan fingerprint density at radius 1 is 0.890 bits per heavy atom. The zero-order chi connectivity index (χ0) is 50.4. The first-order valence-corrected chi connectivity index (χ1v) is 26.0. The van der Waals surface area contributed by atoms with Crippen LogP contribution in [0.25, 0.3) is 32.2 Å². The minimum atomic E-state index is -1.12. The number of nitrogens with zero attached hydrogens (tertiary/aromatic N) is 6. The summed E-state index contributed by atoms with van der Waals surface area (Å²) in [4.78, 5) is 77.7. The molecule has 3 aromatic heterocycles. The molecule has 4 aromatic carbocycles. The molecule has 3 aliphatic heterocycles. The van der Waals surface area contributed by atoms with Crippen LogP contribution in [-0.2, 0) is 34.4 Å². The number of carbonyl (C=O) groups is 5. The third-order valence-corrected chi connectivity index (χ3v) is 16.6. The number of aromatic nitrogens is 4. The number of nitrogens with one attached hydrogen (secondary N) is 3. The van der Waals surface area contributed by atoms with Crippen molar-refractivity contribution >= 4 is 78.7 Å². The zero-order valence-electron chi connectivity index (χ0n) is 40.9. The molecule has 3 fully saturated rings. The van der Waals surface area contributed by atoms with Gasteiger partial charge in [0.05, 0.1) is 40.5 Å². The van der Waals surface area contributed by atoms with Crippen LogP contribution >= 0.6 is 11.3 Å². The van der Waals surface area contributed by atoms with Gasteiger partial charge in [-0.2, -0.15) is 5.10 Å². The van der Waals surface area contributed by atoms with Crippen molar-refractivity contribution in [3.8, 4) is 16.9 Å². The topological polar surface area (TPSA) is 201 Å². The van der Waals surface area contributed by atoms with Crippen molar-refractivity contribution in [2.24, 2.45) is 18.4 Å². The molecule has 0 unspecified atom stereocenters. The number of likely N-dealkylation sites (tertiary alicyclic amines) is 1. The predicted molar refractivity (Wildman–Crippen MR) is 280 cm³/mol. The van der Waals surface area contributed by atoms with Gasteiger partial charge in [0, 0.05) is 48.8 Å². The first kappa shape index (κ1) is 47.8. The summed E-state index contributed by atoms with van der Waals surface area (Å²) in [5, 5.41) is 25.0. The van der Waals surface area contributed by atoms with Crippen LogP contribution in [-0.4, -0.2) is 92.1 Å². The zero-order valence-corrected chi connectivity index (χ0v) is 41.7. The lowest BCUT2D eigenvalue weighted by Crippen LogP contribution is -2.42. The van der Waals surface area contributed by atoms with Crippen LogP contribution in [0.15, 0.2) is 91.0 Å². The molecule has 1 aliphatic carbocycles. The number of imide groups is 1. The number of hydrogen-bond acceptors (Lipinski definition) is 12. The number of thiazole rings is 1. The largest absolute Gasteiger partial charge is 0.493 e. The number of amides is 4. The first-order valence-electron chi connectivity index (χ1n) is 25.2. The standard InChI is InChI=1S/C56H57N9O7S/c1-33-37(38-15-17-47(59-51(38)54(70)71)65-25-20-35-7-5-9-39(42(35)31-65)52(68)61-55-58-43-10-3-4-12-46(43)73-55)8-6-11-45(33)72-28-21-34-19-22-56(30-34)23-26-64(27-24-56)32-49(67)57-36-13-14-40-44(29-36)63(2)62-50(40)41-16-18-48(66)60-53(41)69/h3-15,17,29,34,41H,16,18-28,30-32H2,1-2H3,(H,57,67)(H,70,71)(H,58,61,68)(H,60,66,69)/t34-,41+/m0/s1. The highest BCUT2D eigenvalue weighted by Gasteiger charge is 2.41. The van der Waals surface area contributed by atoms with E-state index >= 15 is 0 Å². The van der Waals surface area contributed by atoms with Crippen molar-refractivity contribution in [1.29, 1.82) is 0 Å². The minimum absolute atomic E-state index is 0.0422. The maximum atomic E-state index is 13.7. The van der Waals surface area contributed by atoms with E-state index in [2.05, 4.69) is 30.9 Å². The molecule has 4 amide bonds. The molecule has 17 heteroatoms. The summed E-state index contributed by atoms with van der Waals surface area (Å²) < 4.78 is 9.16. The van der Waals surface area contributed by atoms with Gasteiger partial charge in [0.15, 0.2) is 10.8 Å². The molecule has 2 saturated heterocycles. The maximum Gasteiger partial charge on any atom is 0.355 e. The van der Waals surface area contributed by atoms with Gasteiger partial charge in [-0.25, -0.2) is 14.8 Å². The lowest BCUT2D eigenvalue weighted by atomic mass is 9.76. The van der Waals surface area contributed by atoms with Gasteiger partial charge in [-0.3, -0.25) is 39.4 Å². The first-order chi connectivity index (χ1) is 35.4. The molecule has 0 radical (unpaired) electrons. The van der Waals surface area contributed by atoms with E-state index in [-0.39, 0.29) is 41.2 Å². The van der Waals surface area contributed by atoms with Crippen molar-refractivity contribution in [3.05, 3.63) is 125 Å². The van der Waals surface area contributed by atoms with Crippen LogP contribution < -0.4 is 25.6 Å². The number of ether oxygens (including phenoxy) is 1. The van der Waals surface area contributed by atoms with Crippen LogP contribution in [0.4, 0.5) is 16.6 Å². The molecule has 16 nitrogen and oxygen atoms in total. The van der Waals surface area contributed by atoms with E-state index in [4.69, 9.17) is 9.72 Å². The van der Waals surface area contributed by atoms with E-state index in [0.29, 0.717) is 78.5 Å². The molecule has 4 aliphatic rings.